The minimum atomic E-state index is 0.710. The number of benzene rings is 1. The summed E-state index contributed by atoms with van der Waals surface area (Å²) in [7, 11) is 6.30. The van der Waals surface area contributed by atoms with E-state index in [2.05, 4.69) is 52.6 Å². The molecule has 6 heteroatoms. The molecule has 1 saturated carbocycles. The molecular weight excluding hydrogens is 336 g/mol. The third-order valence-corrected chi connectivity index (χ3v) is 5.72. The number of anilines is 1. The van der Waals surface area contributed by atoms with Crippen LogP contribution in [0.1, 0.15) is 25.7 Å². The molecule has 2 aromatic heterocycles. The highest BCUT2D eigenvalue weighted by Crippen LogP contribution is 2.27. The van der Waals surface area contributed by atoms with Crippen LogP contribution in [0.3, 0.4) is 0 Å². The van der Waals surface area contributed by atoms with E-state index in [9.17, 15) is 0 Å². The average molecular weight is 364 g/mol. The molecule has 27 heavy (non-hydrogen) atoms. The fourth-order valence-corrected chi connectivity index (χ4v) is 3.96. The molecule has 0 aliphatic heterocycles. The van der Waals surface area contributed by atoms with E-state index in [0.717, 1.165) is 40.6 Å². The number of nitrogens with zero attached hydrogens (tertiary/aromatic N) is 5. The Morgan fingerprint density at radius 2 is 1.93 bits per heavy atom. The summed E-state index contributed by atoms with van der Waals surface area (Å²) in [5, 5.41) is 8.77. The van der Waals surface area contributed by atoms with E-state index in [1.807, 2.05) is 30.3 Å². The van der Waals surface area contributed by atoms with Gasteiger partial charge in [-0.25, -0.2) is 9.97 Å². The van der Waals surface area contributed by atoms with Gasteiger partial charge >= 0.3 is 0 Å². The molecule has 1 aliphatic rings. The number of fused-ring (bicyclic) bond motifs is 1. The van der Waals surface area contributed by atoms with Crippen molar-refractivity contribution in [2.24, 2.45) is 13.0 Å². The smallest absolute Gasteiger partial charge is 0.223 e. The number of rotatable bonds is 5. The minimum Gasteiger partial charge on any atom is -0.354 e. The first kappa shape index (κ1) is 17.9. The van der Waals surface area contributed by atoms with Crippen molar-refractivity contribution in [3.63, 3.8) is 0 Å². The predicted molar refractivity (Wildman–Crippen MR) is 110 cm³/mol. The maximum Gasteiger partial charge on any atom is 0.223 e. The Hall–Kier alpha value is -2.47. The van der Waals surface area contributed by atoms with E-state index < -0.39 is 0 Å². The normalized spacial score (nSPS) is 20.3. The van der Waals surface area contributed by atoms with E-state index in [-0.39, 0.29) is 0 Å². The number of nitrogens with one attached hydrogen (secondary N) is 1. The van der Waals surface area contributed by atoms with Gasteiger partial charge in [0.15, 0.2) is 0 Å². The van der Waals surface area contributed by atoms with Gasteiger partial charge in [0.05, 0.1) is 11.7 Å². The maximum atomic E-state index is 4.74. The third-order valence-electron chi connectivity index (χ3n) is 5.72. The summed E-state index contributed by atoms with van der Waals surface area (Å²) in [6, 6.07) is 7.02. The first-order chi connectivity index (χ1) is 13.1. The standard InChI is InChI=1S/C21H28N6/c1-26(2)19-8-4-15(5-9-19)11-22-21-23-12-17-7-6-16(10-20(17)25-21)18-13-24-27(3)14-18/h6-7,10,12-15,19H,4-5,8-9,11H2,1-3H3,(H,22,23,25). The SMILES string of the molecule is CN(C)C1CCC(CNc2ncc3ccc(-c4cnn(C)c4)cc3n2)CC1. The van der Waals surface area contributed by atoms with Gasteiger partial charge < -0.3 is 10.2 Å². The molecule has 2 heterocycles. The lowest BCUT2D eigenvalue weighted by Crippen LogP contribution is -2.33. The largest absolute Gasteiger partial charge is 0.354 e. The van der Waals surface area contributed by atoms with Crippen LogP contribution in [-0.4, -0.2) is 51.3 Å². The first-order valence-electron chi connectivity index (χ1n) is 9.74. The van der Waals surface area contributed by atoms with E-state index in [0.29, 0.717) is 5.92 Å². The number of aromatic nitrogens is 4. The molecule has 1 aromatic carbocycles. The second-order valence-electron chi connectivity index (χ2n) is 7.89. The van der Waals surface area contributed by atoms with Crippen LogP contribution in [0.5, 0.6) is 0 Å². The second-order valence-corrected chi connectivity index (χ2v) is 7.89. The molecule has 1 fully saturated rings. The van der Waals surface area contributed by atoms with Crippen LogP contribution in [0.4, 0.5) is 5.95 Å². The zero-order valence-corrected chi connectivity index (χ0v) is 16.4. The van der Waals surface area contributed by atoms with Crippen LogP contribution in [-0.2, 0) is 7.05 Å². The zero-order valence-electron chi connectivity index (χ0n) is 16.4. The highest BCUT2D eigenvalue weighted by Gasteiger charge is 2.22. The fraction of sp³-hybridized carbons (Fsp3) is 0.476. The Kier molecular flexibility index (Phi) is 5.07. The van der Waals surface area contributed by atoms with Gasteiger partial charge in [-0.15, -0.1) is 0 Å². The molecule has 0 unspecified atom stereocenters. The molecule has 4 rings (SSSR count). The molecular formula is C21H28N6. The van der Waals surface area contributed by atoms with Crippen LogP contribution in [0, 0.1) is 5.92 Å². The Balaban J connectivity index is 1.43. The molecule has 1 aliphatic carbocycles. The Bertz CT molecular complexity index is 908. The topological polar surface area (TPSA) is 58.9 Å². The number of hydrogen-bond acceptors (Lipinski definition) is 5. The molecule has 6 nitrogen and oxygen atoms in total. The van der Waals surface area contributed by atoms with Gasteiger partial charge in [-0.2, -0.15) is 5.10 Å². The van der Waals surface area contributed by atoms with Crippen LogP contribution < -0.4 is 5.32 Å². The summed E-state index contributed by atoms with van der Waals surface area (Å²) in [6.45, 7) is 0.952. The van der Waals surface area contributed by atoms with Gasteiger partial charge in [0.1, 0.15) is 0 Å². The number of aryl methyl sites for hydroxylation is 1. The van der Waals surface area contributed by atoms with Crippen molar-refractivity contribution in [3.05, 3.63) is 36.8 Å². The van der Waals surface area contributed by atoms with Crippen LogP contribution >= 0.6 is 0 Å². The van der Waals surface area contributed by atoms with Crippen molar-refractivity contribution in [1.82, 2.24) is 24.6 Å². The predicted octanol–water partition coefficient (Wildman–Crippen LogP) is 3.56. The summed E-state index contributed by atoms with van der Waals surface area (Å²) in [4.78, 5) is 11.6. The Morgan fingerprint density at radius 3 is 2.63 bits per heavy atom. The minimum absolute atomic E-state index is 0.710. The van der Waals surface area contributed by atoms with E-state index in [1.165, 1.54) is 25.7 Å². The van der Waals surface area contributed by atoms with E-state index in [4.69, 9.17) is 4.98 Å². The Morgan fingerprint density at radius 1 is 1.11 bits per heavy atom. The monoisotopic (exact) mass is 364 g/mol. The van der Waals surface area contributed by atoms with E-state index in [1.54, 1.807) is 0 Å². The third kappa shape index (κ3) is 4.11. The molecule has 0 spiro atoms. The van der Waals surface area contributed by atoms with Gasteiger partial charge in [0.2, 0.25) is 5.95 Å². The second kappa shape index (κ2) is 7.64. The molecule has 3 aromatic rings. The van der Waals surface area contributed by atoms with Crippen LogP contribution in [0.2, 0.25) is 0 Å². The summed E-state index contributed by atoms with van der Waals surface area (Å²) in [5.74, 6) is 1.43. The first-order valence-corrected chi connectivity index (χ1v) is 9.74. The van der Waals surface area contributed by atoms with Gasteiger partial charge in [0.25, 0.3) is 0 Å². The van der Waals surface area contributed by atoms with Crippen LogP contribution in [0.25, 0.3) is 22.0 Å². The molecule has 0 bridgehead atoms. The van der Waals surface area contributed by atoms with Crippen molar-refractivity contribution in [2.75, 3.05) is 26.0 Å². The average Bonchev–Trinajstić information content (AvgIpc) is 3.12. The molecule has 1 N–H and O–H groups in total. The van der Waals surface area contributed by atoms with Gasteiger partial charge in [-0.3, -0.25) is 4.68 Å². The van der Waals surface area contributed by atoms with Crippen molar-refractivity contribution in [2.45, 2.75) is 31.7 Å². The highest BCUT2D eigenvalue weighted by molar-refractivity contribution is 5.84. The summed E-state index contributed by atoms with van der Waals surface area (Å²) < 4.78 is 1.82. The molecule has 0 amide bonds. The van der Waals surface area contributed by atoms with Crippen molar-refractivity contribution >= 4 is 16.9 Å². The van der Waals surface area contributed by atoms with Crippen molar-refractivity contribution in [3.8, 4) is 11.1 Å². The number of hydrogen-bond donors (Lipinski definition) is 1. The van der Waals surface area contributed by atoms with Gasteiger partial charge in [-0.1, -0.05) is 12.1 Å². The lowest BCUT2D eigenvalue weighted by Gasteiger charge is -2.32. The van der Waals surface area contributed by atoms with Gasteiger partial charge in [-0.05, 0) is 57.3 Å². The maximum absolute atomic E-state index is 4.74. The van der Waals surface area contributed by atoms with E-state index >= 15 is 0 Å². The summed E-state index contributed by atoms with van der Waals surface area (Å²) >= 11 is 0. The Labute approximate surface area is 160 Å². The van der Waals surface area contributed by atoms with Crippen LogP contribution in [0.15, 0.2) is 36.8 Å². The quantitative estimate of drug-likeness (QED) is 0.750. The molecule has 0 radical (unpaired) electrons. The van der Waals surface area contributed by atoms with Gasteiger partial charge in [0, 0.05) is 43.0 Å². The molecule has 0 saturated heterocycles. The lowest BCUT2D eigenvalue weighted by atomic mass is 9.85. The molecule has 142 valence electrons. The summed E-state index contributed by atoms with van der Waals surface area (Å²) in [5.41, 5.74) is 3.19. The van der Waals surface area contributed by atoms with Crippen molar-refractivity contribution < 1.29 is 0 Å². The van der Waals surface area contributed by atoms with Crippen molar-refractivity contribution in [1.29, 1.82) is 0 Å². The molecule has 0 atom stereocenters. The fourth-order valence-electron chi connectivity index (χ4n) is 3.96. The lowest BCUT2D eigenvalue weighted by molar-refractivity contribution is 0.198. The summed E-state index contributed by atoms with van der Waals surface area (Å²) in [6.07, 6.45) is 10.9. The zero-order chi connectivity index (χ0) is 18.8. The highest BCUT2D eigenvalue weighted by atomic mass is 15.2.